The maximum Gasteiger partial charge on any atom is 0.258 e. The van der Waals surface area contributed by atoms with Crippen LogP contribution in [0.15, 0.2) is 39.5 Å². The maximum absolute atomic E-state index is 13.8. The molecule has 0 radical (unpaired) electrons. The van der Waals surface area contributed by atoms with Gasteiger partial charge in [0.05, 0.1) is 23.7 Å². The minimum Gasteiger partial charge on any atom is -0.334 e. The second kappa shape index (κ2) is 6.69. The molecule has 0 atom stereocenters. The van der Waals surface area contributed by atoms with Crippen LogP contribution in [0.1, 0.15) is 17.0 Å². The van der Waals surface area contributed by atoms with Gasteiger partial charge < -0.3 is 4.52 Å². The fourth-order valence-corrected chi connectivity index (χ4v) is 2.80. The number of nitriles is 1. The molecule has 2 heterocycles. The molecule has 23 heavy (non-hydrogen) atoms. The van der Waals surface area contributed by atoms with E-state index in [0.717, 1.165) is 5.56 Å². The number of nitrogens with zero attached hydrogens (tertiary/aromatic N) is 4. The number of aromatic nitrogens is 2. The van der Waals surface area contributed by atoms with Crippen LogP contribution in [0.25, 0.3) is 11.5 Å². The fraction of sp³-hybridized carbons (Fsp3) is 0.188. The van der Waals surface area contributed by atoms with E-state index in [4.69, 9.17) is 9.78 Å². The Hall–Kier alpha value is -2.56. The van der Waals surface area contributed by atoms with Crippen molar-refractivity contribution in [3.8, 4) is 17.5 Å². The Bertz CT molecular complexity index is 838. The van der Waals surface area contributed by atoms with Crippen LogP contribution in [0.3, 0.4) is 0 Å². The number of halogens is 1. The number of benzene rings is 1. The molecule has 0 saturated carbocycles. The van der Waals surface area contributed by atoms with E-state index in [0.29, 0.717) is 35.9 Å². The van der Waals surface area contributed by atoms with Crippen molar-refractivity contribution in [2.75, 3.05) is 7.05 Å². The minimum absolute atomic E-state index is 0.331. The summed E-state index contributed by atoms with van der Waals surface area (Å²) in [6.45, 7) is 0.771. The average Bonchev–Trinajstić information content (AvgIpc) is 3.20. The fourth-order valence-electron chi connectivity index (χ4n) is 2.18. The van der Waals surface area contributed by atoms with Crippen molar-refractivity contribution < 1.29 is 8.91 Å². The second-order valence-corrected chi connectivity index (χ2v) is 5.90. The summed E-state index contributed by atoms with van der Waals surface area (Å²) in [6, 6.07) is 8.25. The highest BCUT2D eigenvalue weighted by atomic mass is 32.1. The molecule has 116 valence electrons. The molecule has 1 aromatic carbocycles. The molecule has 0 N–H and O–H groups in total. The molecule has 0 aliphatic carbocycles. The van der Waals surface area contributed by atoms with E-state index in [1.165, 1.54) is 12.1 Å². The van der Waals surface area contributed by atoms with Gasteiger partial charge in [-0.25, -0.2) is 4.39 Å². The highest BCUT2D eigenvalue weighted by Crippen LogP contribution is 2.20. The van der Waals surface area contributed by atoms with Gasteiger partial charge in [0.1, 0.15) is 5.82 Å². The van der Waals surface area contributed by atoms with Crippen LogP contribution in [0.5, 0.6) is 0 Å². The van der Waals surface area contributed by atoms with Crippen LogP contribution in [-0.4, -0.2) is 22.1 Å². The van der Waals surface area contributed by atoms with Crippen LogP contribution in [0.4, 0.5) is 4.39 Å². The summed E-state index contributed by atoms with van der Waals surface area (Å²) in [4.78, 5) is 6.19. The van der Waals surface area contributed by atoms with E-state index < -0.39 is 0 Å². The van der Waals surface area contributed by atoms with Gasteiger partial charge in [0.2, 0.25) is 0 Å². The van der Waals surface area contributed by atoms with Gasteiger partial charge >= 0.3 is 0 Å². The molecule has 0 bridgehead atoms. The van der Waals surface area contributed by atoms with Gasteiger partial charge in [-0.3, -0.25) is 4.90 Å². The second-order valence-electron chi connectivity index (χ2n) is 5.12. The summed E-state index contributed by atoms with van der Waals surface area (Å²) in [6.07, 6.45) is 0. The molecule has 0 amide bonds. The molecule has 7 heteroatoms. The van der Waals surface area contributed by atoms with Crippen molar-refractivity contribution in [1.29, 1.82) is 5.26 Å². The largest absolute Gasteiger partial charge is 0.334 e. The average molecular weight is 328 g/mol. The molecule has 2 aromatic heterocycles. The molecule has 0 aliphatic rings. The first-order valence-corrected chi connectivity index (χ1v) is 7.82. The third-order valence-corrected chi connectivity index (χ3v) is 3.95. The van der Waals surface area contributed by atoms with Gasteiger partial charge in [-0.1, -0.05) is 5.16 Å². The van der Waals surface area contributed by atoms with E-state index in [-0.39, 0.29) is 5.82 Å². The van der Waals surface area contributed by atoms with Crippen LogP contribution in [-0.2, 0) is 13.1 Å². The number of hydrogen-bond acceptors (Lipinski definition) is 6. The highest BCUT2D eigenvalue weighted by Gasteiger charge is 2.13. The summed E-state index contributed by atoms with van der Waals surface area (Å²) in [5.41, 5.74) is 1.80. The van der Waals surface area contributed by atoms with Gasteiger partial charge in [-0.05, 0) is 36.7 Å². The van der Waals surface area contributed by atoms with Crippen molar-refractivity contribution in [2.45, 2.75) is 13.1 Å². The highest BCUT2D eigenvalue weighted by molar-refractivity contribution is 7.08. The third-order valence-electron chi connectivity index (χ3n) is 3.26. The quantitative estimate of drug-likeness (QED) is 0.718. The zero-order valence-electron chi connectivity index (χ0n) is 12.4. The first-order chi connectivity index (χ1) is 11.2. The lowest BCUT2D eigenvalue weighted by Gasteiger charge is -2.15. The van der Waals surface area contributed by atoms with E-state index in [1.807, 2.05) is 34.8 Å². The summed E-state index contributed by atoms with van der Waals surface area (Å²) in [5, 5.41) is 16.7. The van der Waals surface area contributed by atoms with E-state index in [2.05, 4.69) is 10.1 Å². The number of rotatable bonds is 5. The molecule has 0 aliphatic heterocycles. The SMILES string of the molecule is CN(Cc1noc(-c2ccsc2)n1)Cc1cc(C#N)ccc1F. The van der Waals surface area contributed by atoms with Crippen molar-refractivity contribution >= 4 is 11.3 Å². The maximum atomic E-state index is 13.8. The monoisotopic (exact) mass is 328 g/mol. The summed E-state index contributed by atoms with van der Waals surface area (Å²) in [5.74, 6) is 0.681. The van der Waals surface area contributed by atoms with Gasteiger partial charge in [0, 0.05) is 17.5 Å². The normalized spacial score (nSPS) is 10.9. The molecule has 5 nitrogen and oxygen atoms in total. The van der Waals surface area contributed by atoms with Crippen molar-refractivity contribution in [1.82, 2.24) is 15.0 Å². The molecule has 3 aromatic rings. The number of hydrogen-bond donors (Lipinski definition) is 0. The van der Waals surface area contributed by atoms with Gasteiger partial charge in [0.25, 0.3) is 5.89 Å². The summed E-state index contributed by atoms with van der Waals surface area (Å²) < 4.78 is 19.0. The Morgan fingerprint density at radius 2 is 2.22 bits per heavy atom. The van der Waals surface area contributed by atoms with E-state index in [1.54, 1.807) is 17.4 Å². The zero-order chi connectivity index (χ0) is 16.2. The van der Waals surface area contributed by atoms with Crippen LogP contribution in [0, 0.1) is 17.1 Å². The number of thiophene rings is 1. The lowest BCUT2D eigenvalue weighted by Crippen LogP contribution is -2.19. The van der Waals surface area contributed by atoms with Crippen molar-refractivity contribution in [3.63, 3.8) is 0 Å². The van der Waals surface area contributed by atoms with Crippen molar-refractivity contribution in [3.05, 3.63) is 57.8 Å². The molecule has 0 unspecified atom stereocenters. The molecular weight excluding hydrogens is 315 g/mol. The van der Waals surface area contributed by atoms with E-state index in [9.17, 15) is 4.39 Å². The Morgan fingerprint density at radius 3 is 2.96 bits per heavy atom. The molecule has 0 saturated heterocycles. The summed E-state index contributed by atoms with van der Waals surface area (Å²) >= 11 is 1.56. The Kier molecular flexibility index (Phi) is 4.46. The van der Waals surface area contributed by atoms with Crippen molar-refractivity contribution in [2.24, 2.45) is 0 Å². The molecule has 0 spiro atoms. The van der Waals surface area contributed by atoms with Gasteiger partial charge in [-0.2, -0.15) is 21.6 Å². The lowest BCUT2D eigenvalue weighted by molar-refractivity contribution is 0.297. The molecule has 0 fully saturated rings. The smallest absolute Gasteiger partial charge is 0.258 e. The molecular formula is C16H13FN4OS. The molecule has 3 rings (SSSR count). The topological polar surface area (TPSA) is 66.0 Å². The third kappa shape index (κ3) is 3.62. The minimum atomic E-state index is -0.331. The van der Waals surface area contributed by atoms with Crippen LogP contribution in [0.2, 0.25) is 0 Å². The predicted octanol–water partition coefficient (Wildman–Crippen LogP) is 3.44. The van der Waals surface area contributed by atoms with Gasteiger partial charge in [0.15, 0.2) is 5.82 Å². The van der Waals surface area contributed by atoms with Gasteiger partial charge in [-0.15, -0.1) is 0 Å². The Labute approximate surface area is 136 Å². The van der Waals surface area contributed by atoms with Crippen LogP contribution < -0.4 is 0 Å². The van der Waals surface area contributed by atoms with Crippen LogP contribution >= 0.6 is 11.3 Å². The van der Waals surface area contributed by atoms with E-state index >= 15 is 0 Å². The Balaban J connectivity index is 1.68. The lowest BCUT2D eigenvalue weighted by atomic mass is 10.1. The standard InChI is InChI=1S/C16H13FN4OS/c1-21(8-13-6-11(7-18)2-3-14(13)17)9-15-19-16(22-20-15)12-4-5-23-10-12/h2-6,10H,8-9H2,1H3. The predicted molar refractivity (Wildman–Crippen MR) is 83.9 cm³/mol. The summed E-state index contributed by atoms with van der Waals surface area (Å²) in [7, 11) is 1.83. The first kappa shape index (κ1) is 15.3. The zero-order valence-corrected chi connectivity index (χ0v) is 13.2. The Morgan fingerprint density at radius 1 is 1.35 bits per heavy atom. The first-order valence-electron chi connectivity index (χ1n) is 6.88.